The van der Waals surface area contributed by atoms with E-state index in [0.29, 0.717) is 18.8 Å². The molecule has 90 valence electrons. The van der Waals surface area contributed by atoms with Gasteiger partial charge in [-0.25, -0.2) is 0 Å². The van der Waals surface area contributed by atoms with Crippen molar-refractivity contribution < 1.29 is 9.53 Å². The average Bonchev–Trinajstić information content (AvgIpc) is 2.64. The lowest BCUT2D eigenvalue weighted by atomic mass is 10.3. The molecule has 0 fully saturated rings. The van der Waals surface area contributed by atoms with Crippen molar-refractivity contribution in [2.24, 2.45) is 12.8 Å². The van der Waals surface area contributed by atoms with Crippen LogP contribution in [0.15, 0.2) is 12.3 Å². The van der Waals surface area contributed by atoms with Gasteiger partial charge in [0.15, 0.2) is 0 Å². The van der Waals surface area contributed by atoms with Gasteiger partial charge < -0.3 is 15.4 Å². The van der Waals surface area contributed by atoms with E-state index in [9.17, 15) is 4.79 Å². The second kappa shape index (κ2) is 5.62. The van der Waals surface area contributed by atoms with Gasteiger partial charge in [-0.2, -0.15) is 5.10 Å². The number of ether oxygens (including phenoxy) is 1. The van der Waals surface area contributed by atoms with Gasteiger partial charge in [0.2, 0.25) is 0 Å². The predicted octanol–water partition coefficient (Wildman–Crippen LogP) is -0.534. The van der Waals surface area contributed by atoms with Gasteiger partial charge >= 0.3 is 0 Å². The zero-order chi connectivity index (χ0) is 12.1. The fourth-order valence-electron chi connectivity index (χ4n) is 1.43. The summed E-state index contributed by atoms with van der Waals surface area (Å²) < 4.78 is 6.50. The van der Waals surface area contributed by atoms with Crippen LogP contribution >= 0.6 is 0 Å². The van der Waals surface area contributed by atoms with Crippen LogP contribution < -0.4 is 5.73 Å². The maximum Gasteiger partial charge on any atom is 0.274 e. The molecular formula is C10H18N4O2. The third-order valence-electron chi connectivity index (χ3n) is 2.17. The van der Waals surface area contributed by atoms with Crippen molar-refractivity contribution in [1.82, 2.24) is 14.7 Å². The first-order valence-electron chi connectivity index (χ1n) is 5.04. The summed E-state index contributed by atoms with van der Waals surface area (Å²) >= 11 is 0. The molecule has 1 aromatic heterocycles. The molecule has 0 aliphatic rings. The van der Waals surface area contributed by atoms with E-state index in [-0.39, 0.29) is 11.9 Å². The summed E-state index contributed by atoms with van der Waals surface area (Å²) in [5, 5.41) is 4.04. The lowest BCUT2D eigenvalue weighted by molar-refractivity contribution is 0.0758. The Bertz CT molecular complexity index is 350. The molecule has 2 N–H and O–H groups in total. The first-order valence-corrected chi connectivity index (χ1v) is 5.04. The van der Waals surface area contributed by atoms with E-state index in [1.807, 2.05) is 0 Å². The molecule has 1 atom stereocenters. The van der Waals surface area contributed by atoms with Crippen molar-refractivity contribution in [3.63, 3.8) is 0 Å². The van der Waals surface area contributed by atoms with Crippen molar-refractivity contribution in [1.29, 1.82) is 0 Å². The molecule has 6 heteroatoms. The van der Waals surface area contributed by atoms with E-state index in [1.165, 1.54) is 0 Å². The number of rotatable bonds is 5. The Kier molecular flexibility index (Phi) is 4.45. The quantitative estimate of drug-likeness (QED) is 0.732. The van der Waals surface area contributed by atoms with Gasteiger partial charge in [-0.1, -0.05) is 0 Å². The minimum Gasteiger partial charge on any atom is -0.383 e. The molecule has 1 aromatic rings. The lowest BCUT2D eigenvalue weighted by Crippen LogP contribution is -2.41. The number of carbonyl (C=O) groups excluding carboxylic acids is 1. The maximum atomic E-state index is 11.9. The number of amides is 1. The molecule has 1 rings (SSSR count). The summed E-state index contributed by atoms with van der Waals surface area (Å²) in [4.78, 5) is 13.4. The van der Waals surface area contributed by atoms with Crippen LogP contribution in [0.3, 0.4) is 0 Å². The van der Waals surface area contributed by atoms with Gasteiger partial charge in [0.25, 0.3) is 5.91 Å². The maximum absolute atomic E-state index is 11.9. The van der Waals surface area contributed by atoms with Crippen molar-refractivity contribution in [3.05, 3.63) is 18.0 Å². The summed E-state index contributed by atoms with van der Waals surface area (Å²) in [6, 6.07) is 1.50. The highest BCUT2D eigenvalue weighted by atomic mass is 16.5. The molecule has 16 heavy (non-hydrogen) atoms. The molecule has 1 heterocycles. The zero-order valence-electron chi connectivity index (χ0n) is 9.88. The Labute approximate surface area is 95.0 Å². The van der Waals surface area contributed by atoms with Gasteiger partial charge in [0.1, 0.15) is 5.69 Å². The Morgan fingerprint density at radius 2 is 2.44 bits per heavy atom. The van der Waals surface area contributed by atoms with E-state index >= 15 is 0 Å². The molecular weight excluding hydrogens is 208 g/mol. The van der Waals surface area contributed by atoms with E-state index in [1.54, 1.807) is 43.1 Å². The summed E-state index contributed by atoms with van der Waals surface area (Å²) in [5.41, 5.74) is 6.19. The van der Waals surface area contributed by atoms with Gasteiger partial charge in [0, 0.05) is 40.0 Å². The first-order chi connectivity index (χ1) is 7.54. The van der Waals surface area contributed by atoms with E-state index in [2.05, 4.69) is 5.10 Å². The average molecular weight is 226 g/mol. The standard InChI is InChI=1S/C10H18N4O2/c1-13(6-8(11)7-16-3)10(15)9-4-5-14(2)12-9/h4-5,8H,6-7,11H2,1-3H3. The van der Waals surface area contributed by atoms with Crippen LogP contribution in [0.25, 0.3) is 0 Å². The zero-order valence-corrected chi connectivity index (χ0v) is 9.88. The number of aryl methyl sites for hydroxylation is 1. The van der Waals surface area contributed by atoms with E-state index < -0.39 is 0 Å². The Morgan fingerprint density at radius 1 is 1.75 bits per heavy atom. The number of methoxy groups -OCH3 is 1. The predicted molar refractivity (Wildman–Crippen MR) is 60.0 cm³/mol. The number of carbonyl (C=O) groups is 1. The minimum atomic E-state index is -0.178. The number of likely N-dealkylation sites (N-methyl/N-ethyl adjacent to an activating group) is 1. The molecule has 1 amide bonds. The fraction of sp³-hybridized carbons (Fsp3) is 0.600. The molecule has 0 radical (unpaired) electrons. The van der Waals surface area contributed by atoms with Crippen LogP contribution in [-0.2, 0) is 11.8 Å². The van der Waals surface area contributed by atoms with E-state index in [4.69, 9.17) is 10.5 Å². The van der Waals surface area contributed by atoms with Crippen LogP contribution in [-0.4, -0.2) is 53.9 Å². The Balaban J connectivity index is 2.54. The first kappa shape index (κ1) is 12.7. The van der Waals surface area contributed by atoms with Crippen molar-refractivity contribution in [3.8, 4) is 0 Å². The molecule has 0 aliphatic heterocycles. The number of hydrogen-bond acceptors (Lipinski definition) is 4. The van der Waals surface area contributed by atoms with Crippen LogP contribution in [0.5, 0.6) is 0 Å². The molecule has 0 saturated carbocycles. The molecule has 0 spiro atoms. The van der Waals surface area contributed by atoms with Crippen LogP contribution in [0, 0.1) is 0 Å². The molecule has 0 aromatic carbocycles. The summed E-state index contributed by atoms with van der Waals surface area (Å²) in [5.74, 6) is -0.132. The third kappa shape index (κ3) is 3.32. The SMILES string of the molecule is COCC(N)CN(C)C(=O)c1ccn(C)n1. The minimum absolute atomic E-state index is 0.132. The summed E-state index contributed by atoms with van der Waals surface area (Å²) in [6.07, 6.45) is 1.73. The van der Waals surface area contributed by atoms with Crippen LogP contribution in [0.1, 0.15) is 10.5 Å². The number of nitrogens with zero attached hydrogens (tertiary/aromatic N) is 3. The van der Waals surface area contributed by atoms with E-state index in [0.717, 1.165) is 0 Å². The Morgan fingerprint density at radius 3 is 2.94 bits per heavy atom. The molecule has 6 nitrogen and oxygen atoms in total. The van der Waals surface area contributed by atoms with Crippen LogP contribution in [0.2, 0.25) is 0 Å². The van der Waals surface area contributed by atoms with Gasteiger partial charge in [-0.3, -0.25) is 9.48 Å². The van der Waals surface area contributed by atoms with Crippen molar-refractivity contribution in [2.45, 2.75) is 6.04 Å². The van der Waals surface area contributed by atoms with Crippen molar-refractivity contribution >= 4 is 5.91 Å². The molecule has 0 aliphatic carbocycles. The van der Waals surface area contributed by atoms with Gasteiger partial charge in [-0.05, 0) is 6.07 Å². The Hall–Kier alpha value is -1.40. The summed E-state index contributed by atoms with van der Waals surface area (Å²) in [7, 11) is 5.06. The largest absolute Gasteiger partial charge is 0.383 e. The molecule has 0 saturated heterocycles. The number of nitrogens with two attached hydrogens (primary N) is 1. The molecule has 1 unspecified atom stereocenters. The highest BCUT2D eigenvalue weighted by Crippen LogP contribution is 2.00. The highest BCUT2D eigenvalue weighted by Gasteiger charge is 2.16. The number of aromatic nitrogens is 2. The normalized spacial score (nSPS) is 12.5. The third-order valence-corrected chi connectivity index (χ3v) is 2.17. The summed E-state index contributed by atoms with van der Waals surface area (Å²) in [6.45, 7) is 0.878. The van der Waals surface area contributed by atoms with Gasteiger partial charge in [0.05, 0.1) is 6.61 Å². The fourth-order valence-corrected chi connectivity index (χ4v) is 1.43. The second-order valence-electron chi connectivity index (χ2n) is 3.78. The molecule has 0 bridgehead atoms. The monoisotopic (exact) mass is 226 g/mol. The van der Waals surface area contributed by atoms with Crippen LogP contribution in [0.4, 0.5) is 0 Å². The number of hydrogen-bond donors (Lipinski definition) is 1. The van der Waals surface area contributed by atoms with Gasteiger partial charge in [-0.15, -0.1) is 0 Å². The smallest absolute Gasteiger partial charge is 0.274 e. The highest BCUT2D eigenvalue weighted by molar-refractivity contribution is 5.92. The lowest BCUT2D eigenvalue weighted by Gasteiger charge is -2.20. The second-order valence-corrected chi connectivity index (χ2v) is 3.78. The topological polar surface area (TPSA) is 73.4 Å². The van der Waals surface area contributed by atoms with Crippen molar-refractivity contribution in [2.75, 3.05) is 27.3 Å².